The van der Waals surface area contributed by atoms with Crippen LogP contribution in [-0.2, 0) is 23.9 Å². The summed E-state index contributed by atoms with van der Waals surface area (Å²) in [6, 6.07) is -1.47. The maximum absolute atomic E-state index is 14.2. The average Bonchev–Trinajstić information content (AvgIpc) is 3.46. The first kappa shape index (κ1) is 26.4. The zero-order valence-corrected chi connectivity index (χ0v) is 20.8. The summed E-state index contributed by atoms with van der Waals surface area (Å²) < 4.78 is 11.9. The van der Waals surface area contributed by atoms with Crippen molar-refractivity contribution in [1.82, 2.24) is 9.80 Å². The van der Waals surface area contributed by atoms with E-state index in [4.69, 9.17) is 9.47 Å². The van der Waals surface area contributed by atoms with Gasteiger partial charge in [0.25, 0.3) is 0 Å². The molecular formula is C26H40N2O6. The van der Waals surface area contributed by atoms with Crippen LogP contribution < -0.4 is 0 Å². The van der Waals surface area contributed by atoms with Crippen LogP contribution in [0.3, 0.4) is 0 Å². The fourth-order valence-electron chi connectivity index (χ4n) is 6.14. The number of carbonyl (C=O) groups excluding carboxylic acids is 3. The summed E-state index contributed by atoms with van der Waals surface area (Å²) in [7, 11) is 0. The third-order valence-corrected chi connectivity index (χ3v) is 7.73. The molecule has 8 heteroatoms. The van der Waals surface area contributed by atoms with Crippen LogP contribution in [0.25, 0.3) is 0 Å². The molecule has 7 atom stereocenters. The van der Waals surface area contributed by atoms with E-state index in [0.29, 0.717) is 32.2 Å². The minimum atomic E-state index is -1.09. The van der Waals surface area contributed by atoms with E-state index >= 15 is 0 Å². The van der Waals surface area contributed by atoms with Crippen molar-refractivity contribution in [2.75, 3.05) is 19.8 Å². The van der Waals surface area contributed by atoms with Gasteiger partial charge in [-0.3, -0.25) is 14.4 Å². The van der Waals surface area contributed by atoms with E-state index in [1.807, 2.05) is 13.8 Å². The highest BCUT2D eigenvalue weighted by molar-refractivity contribution is 5.98. The van der Waals surface area contributed by atoms with Crippen LogP contribution >= 0.6 is 0 Å². The SMILES string of the molecule is C=CCCOC(=O)[C@@H]1[C@@H]2CCC3(O2)C(C(=O)N(CC=C)C(C)CCC)N([C@@H](CC)CO)C(=O)[C@H]13. The van der Waals surface area contributed by atoms with Crippen molar-refractivity contribution < 1.29 is 29.0 Å². The lowest BCUT2D eigenvalue weighted by Gasteiger charge is -2.40. The molecule has 3 unspecified atom stereocenters. The Bertz CT molecular complexity index is 796. The molecule has 3 aliphatic heterocycles. The zero-order valence-electron chi connectivity index (χ0n) is 20.8. The van der Waals surface area contributed by atoms with Gasteiger partial charge in [-0.05, 0) is 39.0 Å². The predicted octanol–water partition coefficient (Wildman–Crippen LogP) is 2.45. The molecule has 0 aromatic carbocycles. The van der Waals surface area contributed by atoms with Crippen LogP contribution in [0, 0.1) is 11.8 Å². The normalized spacial score (nSPS) is 31.2. The number of ether oxygens (including phenoxy) is 2. The molecule has 190 valence electrons. The van der Waals surface area contributed by atoms with Crippen molar-refractivity contribution in [1.29, 1.82) is 0 Å². The lowest BCUT2D eigenvalue weighted by atomic mass is 9.70. The number of esters is 1. The topological polar surface area (TPSA) is 96.4 Å². The number of hydrogen-bond acceptors (Lipinski definition) is 6. The minimum absolute atomic E-state index is 0.0460. The van der Waals surface area contributed by atoms with E-state index in [1.54, 1.807) is 17.1 Å². The number of rotatable bonds is 13. The van der Waals surface area contributed by atoms with E-state index in [2.05, 4.69) is 20.1 Å². The first-order chi connectivity index (χ1) is 16.3. The maximum Gasteiger partial charge on any atom is 0.312 e. The van der Waals surface area contributed by atoms with E-state index in [0.717, 1.165) is 12.8 Å². The van der Waals surface area contributed by atoms with Gasteiger partial charge >= 0.3 is 5.97 Å². The summed E-state index contributed by atoms with van der Waals surface area (Å²) in [5, 5.41) is 10.1. The highest BCUT2D eigenvalue weighted by Crippen LogP contribution is 2.59. The lowest BCUT2D eigenvalue weighted by molar-refractivity contribution is -0.156. The number of carbonyl (C=O) groups is 3. The summed E-state index contributed by atoms with van der Waals surface area (Å²) >= 11 is 0. The highest BCUT2D eigenvalue weighted by Gasteiger charge is 2.75. The second-order valence-electron chi connectivity index (χ2n) is 9.71. The van der Waals surface area contributed by atoms with Crippen molar-refractivity contribution in [2.45, 2.75) is 89.1 Å². The molecule has 34 heavy (non-hydrogen) atoms. The number of nitrogens with zero attached hydrogens (tertiary/aromatic N) is 2. The quantitative estimate of drug-likeness (QED) is 0.249. The molecule has 1 spiro atoms. The van der Waals surface area contributed by atoms with Crippen molar-refractivity contribution in [3.63, 3.8) is 0 Å². The van der Waals surface area contributed by atoms with Crippen LogP contribution in [-0.4, -0.2) is 82.3 Å². The smallest absolute Gasteiger partial charge is 0.312 e. The average molecular weight is 477 g/mol. The van der Waals surface area contributed by atoms with Crippen LogP contribution in [0.4, 0.5) is 0 Å². The number of amides is 2. The summed E-state index contributed by atoms with van der Waals surface area (Å²) in [5.74, 6) is -2.49. The van der Waals surface area contributed by atoms with Gasteiger partial charge in [-0.25, -0.2) is 0 Å². The molecule has 8 nitrogen and oxygen atoms in total. The molecule has 3 heterocycles. The summed E-state index contributed by atoms with van der Waals surface area (Å²) in [6.07, 6.45) is 6.75. The minimum Gasteiger partial charge on any atom is -0.465 e. The Morgan fingerprint density at radius 3 is 2.68 bits per heavy atom. The monoisotopic (exact) mass is 476 g/mol. The largest absolute Gasteiger partial charge is 0.465 e. The van der Waals surface area contributed by atoms with Crippen LogP contribution in [0.15, 0.2) is 25.3 Å². The highest BCUT2D eigenvalue weighted by atomic mass is 16.6. The third-order valence-electron chi connectivity index (χ3n) is 7.73. The number of aliphatic hydroxyl groups excluding tert-OH is 1. The van der Waals surface area contributed by atoms with Crippen LogP contribution in [0.1, 0.15) is 59.3 Å². The molecule has 0 saturated carbocycles. The van der Waals surface area contributed by atoms with Crippen molar-refractivity contribution in [3.05, 3.63) is 25.3 Å². The van der Waals surface area contributed by atoms with Crippen molar-refractivity contribution >= 4 is 17.8 Å². The number of hydrogen-bond donors (Lipinski definition) is 1. The van der Waals surface area contributed by atoms with E-state index < -0.39 is 41.6 Å². The fraction of sp³-hybridized carbons (Fsp3) is 0.731. The Labute approximate surface area is 202 Å². The van der Waals surface area contributed by atoms with E-state index in [1.165, 1.54) is 4.90 Å². The summed E-state index contributed by atoms with van der Waals surface area (Å²) in [4.78, 5) is 44.4. The van der Waals surface area contributed by atoms with Gasteiger partial charge in [-0.2, -0.15) is 0 Å². The Balaban J connectivity index is 2.03. The Morgan fingerprint density at radius 2 is 2.09 bits per heavy atom. The number of likely N-dealkylation sites (tertiary alicyclic amines) is 1. The van der Waals surface area contributed by atoms with Gasteiger partial charge in [-0.15, -0.1) is 13.2 Å². The van der Waals surface area contributed by atoms with Crippen molar-refractivity contribution in [2.24, 2.45) is 11.8 Å². The molecule has 3 fully saturated rings. The Morgan fingerprint density at radius 1 is 1.35 bits per heavy atom. The van der Waals surface area contributed by atoms with Crippen LogP contribution in [0.2, 0.25) is 0 Å². The van der Waals surface area contributed by atoms with E-state index in [-0.39, 0.29) is 31.1 Å². The van der Waals surface area contributed by atoms with Gasteiger partial charge in [0.1, 0.15) is 11.6 Å². The predicted molar refractivity (Wildman–Crippen MR) is 128 cm³/mol. The van der Waals surface area contributed by atoms with Gasteiger partial charge < -0.3 is 24.4 Å². The third kappa shape index (κ3) is 4.31. The van der Waals surface area contributed by atoms with Gasteiger partial charge in [0.05, 0.1) is 37.2 Å². The molecule has 3 saturated heterocycles. The second kappa shape index (κ2) is 11.0. The first-order valence-electron chi connectivity index (χ1n) is 12.6. The summed E-state index contributed by atoms with van der Waals surface area (Å²) in [5.41, 5.74) is -1.09. The van der Waals surface area contributed by atoms with E-state index in [9.17, 15) is 19.5 Å². The number of aliphatic hydroxyl groups is 1. The standard InChI is InChI=1S/C26H40N2O6/c1-6-10-15-33-25(32)20-19-12-13-26(34-19)21(20)23(30)28(18(9-4)16-29)22(26)24(31)27(14-8-3)17(5)11-7-2/h6,8,17-22,29H,1,3,7,9-16H2,2,4-5H3/t17?,18-,19-,20+,21-,22?,26?/m0/s1. The molecule has 2 amide bonds. The second-order valence-corrected chi connectivity index (χ2v) is 9.71. The molecule has 0 aliphatic carbocycles. The molecule has 0 aromatic rings. The van der Waals surface area contributed by atoms with Gasteiger partial charge in [0, 0.05) is 12.6 Å². The Hall–Kier alpha value is -2.19. The molecule has 3 aliphatic rings. The molecule has 0 aromatic heterocycles. The maximum atomic E-state index is 14.2. The van der Waals surface area contributed by atoms with Gasteiger partial charge in [0.2, 0.25) is 11.8 Å². The van der Waals surface area contributed by atoms with Crippen molar-refractivity contribution in [3.8, 4) is 0 Å². The number of fused-ring (bicyclic) bond motifs is 1. The Kier molecular flexibility index (Phi) is 8.57. The van der Waals surface area contributed by atoms with Gasteiger partial charge in [-0.1, -0.05) is 32.4 Å². The zero-order chi connectivity index (χ0) is 25.0. The lowest BCUT2D eigenvalue weighted by Crippen LogP contribution is -2.60. The first-order valence-corrected chi connectivity index (χ1v) is 12.6. The summed E-state index contributed by atoms with van der Waals surface area (Å²) in [6.45, 7) is 13.7. The molecule has 1 N–H and O–H groups in total. The molecular weight excluding hydrogens is 436 g/mol. The molecule has 2 bridgehead atoms. The van der Waals surface area contributed by atoms with Crippen LogP contribution in [0.5, 0.6) is 0 Å². The van der Waals surface area contributed by atoms with Gasteiger partial charge in [0.15, 0.2) is 0 Å². The molecule has 3 rings (SSSR count). The fourth-order valence-corrected chi connectivity index (χ4v) is 6.14. The molecule has 0 radical (unpaired) electrons.